The lowest BCUT2D eigenvalue weighted by atomic mass is 10.1. The van der Waals surface area contributed by atoms with Crippen LogP contribution >= 0.6 is 11.3 Å². The zero-order valence-corrected chi connectivity index (χ0v) is 17.0. The fraction of sp³-hybridized carbons (Fsp3) is 0.381. The van der Waals surface area contributed by atoms with Gasteiger partial charge in [0, 0.05) is 41.0 Å². The van der Waals surface area contributed by atoms with Gasteiger partial charge in [-0.1, -0.05) is 12.1 Å². The highest BCUT2D eigenvalue weighted by atomic mass is 32.1. The van der Waals surface area contributed by atoms with E-state index in [1.165, 1.54) is 0 Å². The predicted molar refractivity (Wildman–Crippen MR) is 112 cm³/mol. The number of hydrogen-bond acceptors (Lipinski definition) is 5. The largest absolute Gasteiger partial charge is 0.325 e. The summed E-state index contributed by atoms with van der Waals surface area (Å²) in [6.45, 7) is 5.92. The van der Waals surface area contributed by atoms with Crippen molar-refractivity contribution in [1.29, 1.82) is 0 Å². The molecule has 28 heavy (non-hydrogen) atoms. The molecular formula is C21H25N5OS. The molecule has 3 aromatic rings. The summed E-state index contributed by atoms with van der Waals surface area (Å²) in [5.41, 5.74) is 5.82. The smallest absolute Gasteiger partial charge is 0.241 e. The van der Waals surface area contributed by atoms with Gasteiger partial charge in [-0.25, -0.2) is 4.98 Å². The Labute approximate surface area is 169 Å². The van der Waals surface area contributed by atoms with Gasteiger partial charge in [0.05, 0.1) is 23.4 Å². The molecule has 146 valence electrons. The second-order valence-corrected chi connectivity index (χ2v) is 8.21. The van der Waals surface area contributed by atoms with Gasteiger partial charge >= 0.3 is 0 Å². The van der Waals surface area contributed by atoms with Crippen molar-refractivity contribution in [2.24, 2.45) is 0 Å². The number of nitrogens with zero attached hydrogens (tertiary/aromatic N) is 4. The Kier molecular flexibility index (Phi) is 5.54. The van der Waals surface area contributed by atoms with Gasteiger partial charge in [-0.2, -0.15) is 5.10 Å². The first-order valence-electron chi connectivity index (χ1n) is 9.67. The first-order valence-corrected chi connectivity index (χ1v) is 10.6. The topological polar surface area (TPSA) is 63.1 Å². The van der Waals surface area contributed by atoms with Crippen LogP contribution in [0.4, 0.5) is 5.69 Å². The van der Waals surface area contributed by atoms with Crippen LogP contribution in [0.3, 0.4) is 0 Å². The Hall–Kier alpha value is -2.51. The number of aromatic nitrogens is 3. The van der Waals surface area contributed by atoms with Crippen molar-refractivity contribution < 1.29 is 4.79 Å². The molecular weight excluding hydrogens is 370 g/mol. The van der Waals surface area contributed by atoms with Crippen molar-refractivity contribution in [2.45, 2.75) is 45.3 Å². The number of amides is 1. The number of rotatable bonds is 6. The van der Waals surface area contributed by atoms with Crippen LogP contribution < -0.4 is 5.32 Å². The Bertz CT molecular complexity index is 917. The molecule has 1 atom stereocenters. The van der Waals surface area contributed by atoms with Crippen LogP contribution in [0.5, 0.6) is 0 Å². The molecule has 0 spiro atoms. The van der Waals surface area contributed by atoms with E-state index in [-0.39, 0.29) is 11.9 Å². The van der Waals surface area contributed by atoms with E-state index in [4.69, 9.17) is 0 Å². The normalized spacial score (nSPS) is 17.3. The molecule has 4 rings (SSSR count). The molecule has 1 N–H and O–H groups in total. The molecule has 0 saturated carbocycles. The van der Waals surface area contributed by atoms with Gasteiger partial charge in [-0.05, 0) is 45.4 Å². The molecule has 1 aliphatic rings. The van der Waals surface area contributed by atoms with Gasteiger partial charge in [0.2, 0.25) is 5.91 Å². The lowest BCUT2D eigenvalue weighted by molar-refractivity contribution is -0.120. The zero-order valence-electron chi connectivity index (χ0n) is 16.2. The van der Waals surface area contributed by atoms with E-state index in [1.807, 2.05) is 46.0 Å². The molecule has 2 aromatic heterocycles. The molecule has 0 radical (unpaired) electrons. The summed E-state index contributed by atoms with van der Waals surface area (Å²) in [5.74, 6) is 0.0650. The number of anilines is 1. The Balaban J connectivity index is 1.39. The summed E-state index contributed by atoms with van der Waals surface area (Å²) in [4.78, 5) is 19.4. The third kappa shape index (κ3) is 4.15. The molecule has 0 unspecified atom stereocenters. The van der Waals surface area contributed by atoms with Gasteiger partial charge in [0.25, 0.3) is 0 Å². The van der Waals surface area contributed by atoms with Gasteiger partial charge in [0.1, 0.15) is 0 Å². The monoisotopic (exact) mass is 395 g/mol. The maximum atomic E-state index is 12.9. The summed E-state index contributed by atoms with van der Waals surface area (Å²) in [6.07, 6.45) is 5.92. The SMILES string of the molecule is CC(C)n1cc(CN2CCC[C@@H]2C(=O)Nc2ccc(-c3cscn3)cc2)cn1. The maximum absolute atomic E-state index is 12.9. The highest BCUT2D eigenvalue weighted by Crippen LogP contribution is 2.24. The van der Waals surface area contributed by atoms with Crippen LogP contribution in [0.25, 0.3) is 11.3 Å². The average molecular weight is 396 g/mol. The van der Waals surface area contributed by atoms with Gasteiger partial charge in [-0.3, -0.25) is 14.4 Å². The van der Waals surface area contributed by atoms with E-state index in [1.54, 1.807) is 11.3 Å². The minimum absolute atomic E-state index is 0.0650. The Morgan fingerprint density at radius 2 is 2.14 bits per heavy atom. The number of carbonyl (C=O) groups is 1. The van der Waals surface area contributed by atoms with E-state index >= 15 is 0 Å². The highest BCUT2D eigenvalue weighted by molar-refractivity contribution is 7.07. The standard InChI is InChI=1S/C21H25N5OS/c1-15(2)26-12-16(10-23-26)11-25-9-3-4-20(25)21(27)24-18-7-5-17(6-8-18)19-13-28-14-22-19/h5-8,10,12-15,20H,3-4,9,11H2,1-2H3,(H,24,27)/t20-/m1/s1. The van der Waals surface area contributed by atoms with E-state index in [0.29, 0.717) is 6.04 Å². The van der Waals surface area contributed by atoms with Gasteiger partial charge in [-0.15, -0.1) is 11.3 Å². The summed E-state index contributed by atoms with van der Waals surface area (Å²) in [6, 6.07) is 8.13. The van der Waals surface area contributed by atoms with E-state index in [0.717, 1.165) is 48.4 Å². The first kappa shape index (κ1) is 18.8. The number of benzene rings is 1. The van der Waals surface area contributed by atoms with Gasteiger partial charge in [0.15, 0.2) is 0 Å². The molecule has 3 heterocycles. The summed E-state index contributed by atoms with van der Waals surface area (Å²) in [5, 5.41) is 9.51. The minimum Gasteiger partial charge on any atom is -0.325 e. The Morgan fingerprint density at radius 1 is 1.32 bits per heavy atom. The van der Waals surface area contributed by atoms with Crippen molar-refractivity contribution in [2.75, 3.05) is 11.9 Å². The second-order valence-electron chi connectivity index (χ2n) is 7.49. The number of likely N-dealkylation sites (tertiary alicyclic amines) is 1. The van der Waals surface area contributed by atoms with E-state index in [9.17, 15) is 4.79 Å². The number of hydrogen-bond donors (Lipinski definition) is 1. The van der Waals surface area contributed by atoms with Crippen LogP contribution in [0, 0.1) is 0 Å². The predicted octanol–water partition coefficient (Wildman–Crippen LogP) is 4.19. The summed E-state index contributed by atoms with van der Waals surface area (Å²) >= 11 is 1.58. The van der Waals surface area contributed by atoms with Crippen LogP contribution in [0.15, 0.2) is 47.5 Å². The van der Waals surface area contributed by atoms with E-state index in [2.05, 4.69) is 40.3 Å². The molecule has 0 bridgehead atoms. The Morgan fingerprint density at radius 3 is 2.82 bits per heavy atom. The minimum atomic E-state index is -0.0967. The molecule has 1 aliphatic heterocycles. The average Bonchev–Trinajstić information content (AvgIpc) is 3.44. The lowest BCUT2D eigenvalue weighted by Crippen LogP contribution is -2.39. The first-order chi connectivity index (χ1) is 13.6. The molecule has 1 saturated heterocycles. The van der Waals surface area contributed by atoms with Crippen LogP contribution in [0.1, 0.15) is 38.3 Å². The molecule has 1 amide bonds. The summed E-state index contributed by atoms with van der Waals surface area (Å²) in [7, 11) is 0. The number of carbonyl (C=O) groups excluding carboxylic acids is 1. The lowest BCUT2D eigenvalue weighted by Gasteiger charge is -2.23. The highest BCUT2D eigenvalue weighted by Gasteiger charge is 2.31. The van der Waals surface area contributed by atoms with Crippen molar-refractivity contribution in [3.8, 4) is 11.3 Å². The van der Waals surface area contributed by atoms with Crippen molar-refractivity contribution in [1.82, 2.24) is 19.7 Å². The van der Waals surface area contributed by atoms with Gasteiger partial charge < -0.3 is 5.32 Å². The molecule has 1 fully saturated rings. The fourth-order valence-electron chi connectivity index (χ4n) is 3.59. The number of nitrogens with one attached hydrogen (secondary N) is 1. The quantitative estimate of drug-likeness (QED) is 0.680. The van der Waals surface area contributed by atoms with Crippen molar-refractivity contribution in [3.05, 3.63) is 53.1 Å². The third-order valence-electron chi connectivity index (χ3n) is 5.12. The number of thiazole rings is 1. The molecule has 6 nitrogen and oxygen atoms in total. The van der Waals surface area contributed by atoms with Crippen molar-refractivity contribution >= 4 is 22.9 Å². The van der Waals surface area contributed by atoms with Crippen LogP contribution in [-0.4, -0.2) is 38.2 Å². The molecule has 7 heteroatoms. The second kappa shape index (κ2) is 8.24. The molecule has 1 aromatic carbocycles. The van der Waals surface area contributed by atoms with Crippen LogP contribution in [-0.2, 0) is 11.3 Å². The van der Waals surface area contributed by atoms with Crippen molar-refractivity contribution in [3.63, 3.8) is 0 Å². The molecule has 0 aliphatic carbocycles. The summed E-state index contributed by atoms with van der Waals surface area (Å²) < 4.78 is 1.96. The maximum Gasteiger partial charge on any atom is 0.241 e. The van der Waals surface area contributed by atoms with E-state index < -0.39 is 0 Å². The zero-order chi connectivity index (χ0) is 19.5. The third-order valence-corrected chi connectivity index (χ3v) is 5.70. The fourth-order valence-corrected chi connectivity index (χ4v) is 4.15. The van der Waals surface area contributed by atoms with Crippen LogP contribution in [0.2, 0.25) is 0 Å².